The van der Waals surface area contributed by atoms with Crippen LogP contribution in [0.5, 0.6) is 5.75 Å². The van der Waals surface area contributed by atoms with Crippen molar-refractivity contribution < 1.29 is 18.7 Å². The molecule has 2 aromatic rings. The van der Waals surface area contributed by atoms with Crippen LogP contribution in [-0.4, -0.2) is 28.0 Å². The summed E-state index contributed by atoms with van der Waals surface area (Å²) in [6.45, 7) is 14.3. The summed E-state index contributed by atoms with van der Waals surface area (Å²) < 4.78 is 18.0. The van der Waals surface area contributed by atoms with Crippen molar-refractivity contribution in [3.63, 3.8) is 0 Å². The maximum absolute atomic E-state index is 11.4. The molecular weight excluding hydrogens is 452 g/mol. The predicted molar refractivity (Wildman–Crippen MR) is 148 cm³/mol. The van der Waals surface area contributed by atoms with Crippen LogP contribution in [0.4, 0.5) is 0 Å². The molecule has 4 nitrogen and oxygen atoms in total. The van der Waals surface area contributed by atoms with E-state index >= 15 is 0 Å². The van der Waals surface area contributed by atoms with E-state index in [9.17, 15) is 4.79 Å². The molecule has 0 aliphatic heterocycles. The first-order valence-corrected chi connectivity index (χ1v) is 15.9. The van der Waals surface area contributed by atoms with Crippen molar-refractivity contribution in [2.75, 3.05) is 13.7 Å². The Bertz CT molecular complexity index is 1010. The van der Waals surface area contributed by atoms with E-state index in [1.807, 2.05) is 0 Å². The van der Waals surface area contributed by atoms with Gasteiger partial charge in [0, 0.05) is 24.8 Å². The Labute approximate surface area is 213 Å². The van der Waals surface area contributed by atoms with E-state index in [1.54, 1.807) is 0 Å². The second-order valence-corrected chi connectivity index (χ2v) is 15.4. The molecule has 0 saturated carbocycles. The van der Waals surface area contributed by atoms with Gasteiger partial charge in [0.2, 0.25) is 0 Å². The highest BCUT2D eigenvalue weighted by Crippen LogP contribution is 2.43. The monoisotopic (exact) mass is 496 g/mol. The largest absolute Gasteiger partial charge is 0.493 e. The van der Waals surface area contributed by atoms with E-state index in [0.29, 0.717) is 32.3 Å². The van der Waals surface area contributed by atoms with E-state index in [2.05, 4.69) is 89.0 Å². The number of methoxy groups -OCH3 is 1. The SMILES string of the molecule is CCCCCOc1cc2ccccc2cc1C(CC#CCCCC(=O)OC)O[Si](C)(C)C(C)(C)C. The average Bonchev–Trinajstić information content (AvgIpc) is 2.81. The van der Waals surface area contributed by atoms with Crippen LogP contribution in [-0.2, 0) is 14.0 Å². The van der Waals surface area contributed by atoms with Crippen molar-refractivity contribution in [2.45, 2.75) is 96.9 Å². The number of unbranched alkanes of at least 4 members (excludes halogenated alkanes) is 3. The van der Waals surface area contributed by atoms with E-state index < -0.39 is 8.32 Å². The lowest BCUT2D eigenvalue weighted by Gasteiger charge is -2.39. The quantitative estimate of drug-likeness (QED) is 0.128. The van der Waals surface area contributed by atoms with Gasteiger partial charge in [-0.1, -0.05) is 64.8 Å². The molecule has 35 heavy (non-hydrogen) atoms. The van der Waals surface area contributed by atoms with Crippen LogP contribution in [0, 0.1) is 11.8 Å². The molecule has 0 spiro atoms. The summed E-state index contributed by atoms with van der Waals surface area (Å²) in [5.41, 5.74) is 1.08. The van der Waals surface area contributed by atoms with Crippen LogP contribution in [0.1, 0.15) is 84.3 Å². The number of ether oxygens (including phenoxy) is 2. The smallest absolute Gasteiger partial charge is 0.305 e. The van der Waals surface area contributed by atoms with Gasteiger partial charge < -0.3 is 13.9 Å². The second-order valence-electron chi connectivity index (χ2n) is 10.6. The summed E-state index contributed by atoms with van der Waals surface area (Å²) in [6, 6.07) is 12.8. The molecule has 0 aromatic heterocycles. The Kier molecular flexibility index (Phi) is 11.3. The number of esters is 1. The molecule has 0 amide bonds. The van der Waals surface area contributed by atoms with Crippen LogP contribution in [0.15, 0.2) is 36.4 Å². The van der Waals surface area contributed by atoms with E-state index in [4.69, 9.17) is 13.9 Å². The van der Waals surface area contributed by atoms with Crippen molar-refractivity contribution >= 4 is 25.1 Å². The van der Waals surface area contributed by atoms with Crippen LogP contribution < -0.4 is 4.74 Å². The molecule has 0 heterocycles. The first-order valence-electron chi connectivity index (χ1n) is 12.9. The first-order chi connectivity index (χ1) is 16.6. The third kappa shape index (κ3) is 9.02. The van der Waals surface area contributed by atoms with Crippen LogP contribution in [0.3, 0.4) is 0 Å². The number of rotatable bonds is 12. The topological polar surface area (TPSA) is 44.8 Å². The van der Waals surface area contributed by atoms with Gasteiger partial charge in [-0.3, -0.25) is 4.79 Å². The zero-order valence-corrected chi connectivity index (χ0v) is 23.8. The minimum absolute atomic E-state index is 0.0815. The molecule has 0 N–H and O–H groups in total. The summed E-state index contributed by atoms with van der Waals surface area (Å²) in [5.74, 6) is 7.30. The summed E-state index contributed by atoms with van der Waals surface area (Å²) in [5, 5.41) is 2.43. The van der Waals surface area contributed by atoms with Gasteiger partial charge in [0.15, 0.2) is 8.32 Å². The van der Waals surface area contributed by atoms with Gasteiger partial charge in [0.25, 0.3) is 0 Å². The number of fused-ring (bicyclic) bond motifs is 1. The predicted octanol–water partition coefficient (Wildman–Crippen LogP) is 8.21. The van der Waals surface area contributed by atoms with E-state index in [-0.39, 0.29) is 17.1 Å². The molecule has 0 bridgehead atoms. The Balaban J connectivity index is 2.37. The van der Waals surface area contributed by atoms with E-state index in [1.165, 1.54) is 17.9 Å². The van der Waals surface area contributed by atoms with E-state index in [0.717, 1.165) is 30.6 Å². The average molecular weight is 497 g/mol. The fourth-order valence-corrected chi connectivity index (χ4v) is 4.85. The third-order valence-corrected chi connectivity index (χ3v) is 11.3. The Morgan fingerprint density at radius 1 is 1.03 bits per heavy atom. The fourth-order valence-electron chi connectivity index (χ4n) is 3.57. The molecule has 192 valence electrons. The lowest BCUT2D eigenvalue weighted by atomic mass is 10.0. The van der Waals surface area contributed by atoms with Crippen molar-refractivity contribution in [3.8, 4) is 17.6 Å². The van der Waals surface area contributed by atoms with Crippen LogP contribution in [0.25, 0.3) is 10.8 Å². The molecule has 0 aliphatic rings. The summed E-state index contributed by atoms with van der Waals surface area (Å²) in [4.78, 5) is 11.4. The summed E-state index contributed by atoms with van der Waals surface area (Å²) in [7, 11) is -0.646. The molecule has 0 saturated heterocycles. The molecule has 5 heteroatoms. The van der Waals surface area contributed by atoms with Gasteiger partial charge in [0.05, 0.1) is 19.8 Å². The highest BCUT2D eigenvalue weighted by Gasteiger charge is 2.39. The van der Waals surface area contributed by atoms with Crippen molar-refractivity contribution in [1.29, 1.82) is 0 Å². The fraction of sp³-hybridized carbons (Fsp3) is 0.567. The van der Waals surface area contributed by atoms with Crippen molar-refractivity contribution in [1.82, 2.24) is 0 Å². The third-order valence-electron chi connectivity index (χ3n) is 6.80. The second kappa shape index (κ2) is 13.7. The summed E-state index contributed by atoms with van der Waals surface area (Å²) in [6.07, 6.45) is 5.55. The molecule has 0 radical (unpaired) electrons. The normalized spacial score (nSPS) is 12.7. The van der Waals surface area contributed by atoms with Gasteiger partial charge in [-0.25, -0.2) is 0 Å². The molecule has 2 rings (SSSR count). The zero-order valence-electron chi connectivity index (χ0n) is 22.8. The molecule has 1 unspecified atom stereocenters. The zero-order chi connectivity index (χ0) is 25.9. The molecule has 2 aromatic carbocycles. The number of hydrogen-bond acceptors (Lipinski definition) is 4. The highest BCUT2D eigenvalue weighted by atomic mass is 28.4. The van der Waals surface area contributed by atoms with Crippen LogP contribution >= 0.6 is 0 Å². The lowest BCUT2D eigenvalue weighted by Crippen LogP contribution is -2.41. The maximum Gasteiger partial charge on any atom is 0.305 e. The number of carbonyl (C=O) groups excluding carboxylic acids is 1. The van der Waals surface area contributed by atoms with Crippen LogP contribution in [0.2, 0.25) is 18.1 Å². The Morgan fingerprint density at radius 3 is 2.34 bits per heavy atom. The first kappa shape index (κ1) is 28.9. The maximum atomic E-state index is 11.4. The molecular formula is C30H44O4Si. The lowest BCUT2D eigenvalue weighted by molar-refractivity contribution is -0.140. The minimum atomic E-state index is -2.06. The Morgan fingerprint density at radius 2 is 1.71 bits per heavy atom. The molecule has 0 aliphatic carbocycles. The molecule has 1 atom stereocenters. The van der Waals surface area contributed by atoms with Gasteiger partial charge in [-0.2, -0.15) is 0 Å². The standard InChI is InChI=1S/C30H44O4Si/c1-8-9-16-21-33-28-23-25-18-15-14-17-24(25)22-26(28)27(34-35(6,7)30(2,3)4)19-12-10-11-13-20-29(31)32-5/h14-15,17-18,22-23,27H,8-9,11,13,16,19-21H2,1-7H3. The van der Waals surface area contributed by atoms with Gasteiger partial charge in [-0.05, 0) is 53.9 Å². The number of hydrogen-bond donors (Lipinski definition) is 0. The minimum Gasteiger partial charge on any atom is -0.493 e. The van der Waals surface area contributed by atoms with Gasteiger partial charge >= 0.3 is 5.97 Å². The molecule has 0 fully saturated rings. The number of benzene rings is 2. The highest BCUT2D eigenvalue weighted by molar-refractivity contribution is 6.74. The van der Waals surface area contributed by atoms with Gasteiger partial charge in [0.1, 0.15) is 5.75 Å². The van der Waals surface area contributed by atoms with Crippen molar-refractivity contribution in [2.24, 2.45) is 0 Å². The number of carbonyl (C=O) groups is 1. The summed E-state index contributed by atoms with van der Waals surface area (Å²) >= 11 is 0. The van der Waals surface area contributed by atoms with Gasteiger partial charge in [-0.15, -0.1) is 11.8 Å². The Hall–Kier alpha value is -2.29. The van der Waals surface area contributed by atoms with Crippen molar-refractivity contribution in [3.05, 3.63) is 42.0 Å².